The van der Waals surface area contributed by atoms with Crippen LogP contribution in [-0.2, 0) is 20.7 Å². The zero-order valence-electron chi connectivity index (χ0n) is 10.9. The molecule has 1 atom stereocenters. The van der Waals surface area contributed by atoms with E-state index in [1.54, 1.807) is 6.08 Å². The number of ether oxygens (including phenoxy) is 1. The Bertz CT molecular complexity index is 468. The lowest BCUT2D eigenvalue weighted by atomic mass is 9.93. The van der Waals surface area contributed by atoms with Crippen LogP contribution in [0, 0.1) is 5.92 Å². The van der Waals surface area contributed by atoms with Gasteiger partial charge in [0, 0.05) is 10.9 Å². The maximum absolute atomic E-state index is 12.1. The van der Waals surface area contributed by atoms with Gasteiger partial charge in [0.05, 0.1) is 7.11 Å². The molecular weight excluding hydrogens is 308 g/mol. The van der Waals surface area contributed by atoms with Crippen LogP contribution in [0.3, 0.4) is 0 Å². The first-order chi connectivity index (χ1) is 9.10. The Morgan fingerprint density at radius 3 is 2.68 bits per heavy atom. The van der Waals surface area contributed by atoms with Gasteiger partial charge < -0.3 is 4.74 Å². The van der Waals surface area contributed by atoms with Crippen molar-refractivity contribution < 1.29 is 14.3 Å². The van der Waals surface area contributed by atoms with Crippen LogP contribution in [0.5, 0.6) is 0 Å². The molecule has 102 valence electrons. The summed E-state index contributed by atoms with van der Waals surface area (Å²) < 4.78 is 5.61. The quantitative estimate of drug-likeness (QED) is 0.439. The summed E-state index contributed by atoms with van der Waals surface area (Å²) in [7, 11) is 1.30. The highest BCUT2D eigenvalue weighted by molar-refractivity contribution is 9.10. The highest BCUT2D eigenvalue weighted by Crippen LogP contribution is 2.21. The van der Waals surface area contributed by atoms with Crippen LogP contribution in [0.1, 0.15) is 18.4 Å². The monoisotopic (exact) mass is 324 g/mol. The number of benzene rings is 1. The van der Waals surface area contributed by atoms with Crippen molar-refractivity contribution in [2.24, 2.45) is 5.92 Å². The fraction of sp³-hybridized carbons (Fsp3) is 0.333. The first-order valence-corrected chi connectivity index (χ1v) is 6.84. The van der Waals surface area contributed by atoms with Crippen LogP contribution in [0.2, 0.25) is 0 Å². The maximum atomic E-state index is 12.1. The number of carbonyl (C=O) groups is 2. The lowest BCUT2D eigenvalue weighted by Gasteiger charge is -2.14. The van der Waals surface area contributed by atoms with Crippen LogP contribution in [0.4, 0.5) is 0 Å². The van der Waals surface area contributed by atoms with Crippen LogP contribution >= 0.6 is 15.9 Å². The molecule has 1 unspecified atom stereocenters. The number of allylic oxidation sites excluding steroid dienone is 1. The Morgan fingerprint density at radius 2 is 2.11 bits per heavy atom. The van der Waals surface area contributed by atoms with Gasteiger partial charge in [-0.15, -0.1) is 6.58 Å². The molecule has 0 aliphatic rings. The fourth-order valence-corrected chi connectivity index (χ4v) is 2.22. The predicted octanol–water partition coefficient (Wildman–Crippen LogP) is 3.32. The second-order valence-corrected chi connectivity index (χ2v) is 5.02. The third-order valence-corrected chi connectivity index (χ3v) is 3.62. The molecule has 0 bridgehead atoms. The molecule has 0 amide bonds. The van der Waals surface area contributed by atoms with Crippen LogP contribution in [0.15, 0.2) is 41.4 Å². The summed E-state index contributed by atoms with van der Waals surface area (Å²) in [6.07, 6.45) is 2.91. The van der Waals surface area contributed by atoms with Crippen molar-refractivity contribution in [1.29, 1.82) is 0 Å². The minimum absolute atomic E-state index is 0.109. The van der Waals surface area contributed by atoms with Crippen molar-refractivity contribution >= 4 is 27.7 Å². The Kier molecular flexibility index (Phi) is 6.50. The van der Waals surface area contributed by atoms with Gasteiger partial charge in [-0.3, -0.25) is 9.59 Å². The summed E-state index contributed by atoms with van der Waals surface area (Å²) in [6, 6.07) is 7.54. The topological polar surface area (TPSA) is 43.4 Å². The van der Waals surface area contributed by atoms with E-state index in [0.717, 1.165) is 10.0 Å². The van der Waals surface area contributed by atoms with Crippen molar-refractivity contribution in [1.82, 2.24) is 0 Å². The second-order valence-electron chi connectivity index (χ2n) is 4.16. The normalized spacial score (nSPS) is 11.7. The van der Waals surface area contributed by atoms with Gasteiger partial charge >= 0.3 is 5.97 Å². The molecule has 0 spiro atoms. The lowest BCUT2D eigenvalue weighted by Crippen LogP contribution is -2.27. The number of methoxy groups -OCH3 is 1. The zero-order valence-corrected chi connectivity index (χ0v) is 12.5. The van der Waals surface area contributed by atoms with Gasteiger partial charge in [0.15, 0.2) is 0 Å². The largest absolute Gasteiger partial charge is 0.468 e. The highest BCUT2D eigenvalue weighted by Gasteiger charge is 2.27. The lowest BCUT2D eigenvalue weighted by molar-refractivity contribution is -0.149. The van der Waals surface area contributed by atoms with Crippen LogP contribution in [0.25, 0.3) is 0 Å². The molecule has 0 aromatic heterocycles. The molecule has 0 saturated heterocycles. The second kappa shape index (κ2) is 7.89. The number of Topliss-reactive ketones (excluding diaryl/α,β-unsaturated/α-hetero) is 1. The van der Waals surface area contributed by atoms with E-state index in [1.807, 2.05) is 24.3 Å². The number of rotatable bonds is 7. The summed E-state index contributed by atoms with van der Waals surface area (Å²) in [5.41, 5.74) is 0.921. The van der Waals surface area contributed by atoms with E-state index in [4.69, 9.17) is 4.74 Å². The van der Waals surface area contributed by atoms with Crippen molar-refractivity contribution in [2.45, 2.75) is 19.3 Å². The van der Waals surface area contributed by atoms with Gasteiger partial charge in [-0.1, -0.05) is 40.2 Å². The van der Waals surface area contributed by atoms with Crippen LogP contribution < -0.4 is 0 Å². The number of ketones is 1. The molecule has 0 heterocycles. The van der Waals surface area contributed by atoms with Gasteiger partial charge in [-0.25, -0.2) is 0 Å². The van der Waals surface area contributed by atoms with E-state index in [-0.39, 0.29) is 5.78 Å². The third-order valence-electron chi connectivity index (χ3n) is 2.85. The van der Waals surface area contributed by atoms with E-state index in [1.165, 1.54) is 7.11 Å². The first kappa shape index (κ1) is 15.6. The molecular formula is C15H17BrO3. The molecule has 1 rings (SSSR count). The molecule has 3 nitrogen and oxygen atoms in total. The number of halogens is 1. The summed E-state index contributed by atoms with van der Waals surface area (Å²) in [5.74, 6) is -1.34. The fourth-order valence-electron chi connectivity index (χ4n) is 1.77. The minimum atomic E-state index is -0.747. The summed E-state index contributed by atoms with van der Waals surface area (Å²) in [5, 5.41) is 0. The van der Waals surface area contributed by atoms with Gasteiger partial charge in [-0.05, 0) is 24.5 Å². The number of esters is 1. The van der Waals surface area contributed by atoms with Crippen molar-refractivity contribution in [3.63, 3.8) is 0 Å². The molecule has 0 fully saturated rings. The van der Waals surface area contributed by atoms with E-state index < -0.39 is 11.9 Å². The van der Waals surface area contributed by atoms with Crippen molar-refractivity contribution in [3.05, 3.63) is 47.0 Å². The molecule has 0 N–H and O–H groups in total. The number of hydrogen-bond acceptors (Lipinski definition) is 3. The molecule has 1 aromatic rings. The van der Waals surface area contributed by atoms with Crippen LogP contribution in [-0.4, -0.2) is 18.9 Å². The Hall–Kier alpha value is -1.42. The van der Waals surface area contributed by atoms with E-state index in [9.17, 15) is 9.59 Å². The molecule has 4 heteroatoms. The van der Waals surface area contributed by atoms with Gasteiger partial charge in [0.2, 0.25) is 0 Å². The van der Waals surface area contributed by atoms with E-state index in [0.29, 0.717) is 19.3 Å². The molecule has 0 saturated carbocycles. The smallest absolute Gasteiger partial charge is 0.316 e. The molecule has 0 radical (unpaired) electrons. The van der Waals surface area contributed by atoms with Gasteiger partial charge in [0.25, 0.3) is 0 Å². The minimum Gasteiger partial charge on any atom is -0.468 e. The summed E-state index contributed by atoms with van der Waals surface area (Å²) in [6.45, 7) is 3.58. The molecule has 0 aliphatic heterocycles. The van der Waals surface area contributed by atoms with E-state index >= 15 is 0 Å². The zero-order chi connectivity index (χ0) is 14.3. The molecule has 0 aliphatic carbocycles. The SMILES string of the molecule is C=CCCC(=O)C(Cc1ccccc1Br)C(=O)OC. The van der Waals surface area contributed by atoms with Crippen molar-refractivity contribution in [2.75, 3.05) is 7.11 Å². The van der Waals surface area contributed by atoms with Crippen molar-refractivity contribution in [3.8, 4) is 0 Å². The maximum Gasteiger partial charge on any atom is 0.316 e. The van der Waals surface area contributed by atoms with Gasteiger partial charge in [-0.2, -0.15) is 0 Å². The standard InChI is InChI=1S/C15H17BrO3/c1-3-4-9-14(17)12(15(18)19-2)10-11-7-5-6-8-13(11)16/h3,5-8,12H,1,4,9-10H2,2H3. The Morgan fingerprint density at radius 1 is 1.42 bits per heavy atom. The average molecular weight is 325 g/mol. The first-order valence-electron chi connectivity index (χ1n) is 6.05. The Labute approximate surface area is 121 Å². The third kappa shape index (κ3) is 4.63. The van der Waals surface area contributed by atoms with E-state index in [2.05, 4.69) is 22.5 Å². The highest BCUT2D eigenvalue weighted by atomic mass is 79.9. The summed E-state index contributed by atoms with van der Waals surface area (Å²) >= 11 is 3.42. The molecule has 19 heavy (non-hydrogen) atoms. The number of hydrogen-bond donors (Lipinski definition) is 0. The predicted molar refractivity (Wildman–Crippen MR) is 77.8 cm³/mol. The number of carbonyl (C=O) groups excluding carboxylic acids is 2. The molecule has 1 aromatic carbocycles. The van der Waals surface area contributed by atoms with Gasteiger partial charge in [0.1, 0.15) is 11.7 Å². The average Bonchev–Trinajstić information content (AvgIpc) is 2.43. The summed E-state index contributed by atoms with van der Waals surface area (Å²) in [4.78, 5) is 23.8. The Balaban J connectivity index is 2.86.